The van der Waals surface area contributed by atoms with E-state index in [1.54, 1.807) is 18.4 Å². The van der Waals surface area contributed by atoms with Crippen LogP contribution >= 0.6 is 11.3 Å². The highest BCUT2D eigenvalue weighted by Crippen LogP contribution is 2.23. The van der Waals surface area contributed by atoms with E-state index in [0.29, 0.717) is 21.9 Å². The van der Waals surface area contributed by atoms with Crippen LogP contribution in [-0.4, -0.2) is 16.1 Å². The van der Waals surface area contributed by atoms with Crippen molar-refractivity contribution in [3.63, 3.8) is 0 Å². The summed E-state index contributed by atoms with van der Waals surface area (Å²) in [5, 5.41) is 20.1. The molecule has 0 saturated heterocycles. The molecule has 0 aliphatic carbocycles. The van der Waals surface area contributed by atoms with Gasteiger partial charge in [-0.15, -0.1) is 11.3 Å². The number of nitriles is 1. The molecule has 0 saturated carbocycles. The average molecular weight is 247 g/mol. The maximum absolute atomic E-state index is 11.8. The number of aromatic nitrogens is 2. The highest BCUT2D eigenvalue weighted by molar-refractivity contribution is 7.14. The van der Waals surface area contributed by atoms with Gasteiger partial charge in [0.15, 0.2) is 5.69 Å². The maximum Gasteiger partial charge on any atom is 0.278 e. The number of nitrogen functional groups attached to an aromatic ring is 1. The summed E-state index contributed by atoms with van der Waals surface area (Å²) in [6.45, 7) is 1.73. The fourth-order valence-electron chi connectivity index (χ4n) is 1.27. The fraction of sp³-hybridized carbons (Fsp3) is 0.100. The van der Waals surface area contributed by atoms with E-state index in [-0.39, 0.29) is 5.69 Å². The molecule has 0 radical (unpaired) electrons. The Hall–Kier alpha value is -2.33. The van der Waals surface area contributed by atoms with Crippen molar-refractivity contribution >= 4 is 27.9 Å². The zero-order valence-corrected chi connectivity index (χ0v) is 9.76. The van der Waals surface area contributed by atoms with Crippen LogP contribution in [0.2, 0.25) is 0 Å². The van der Waals surface area contributed by atoms with Gasteiger partial charge in [0, 0.05) is 0 Å². The number of aryl methyl sites for hydroxylation is 1. The summed E-state index contributed by atoms with van der Waals surface area (Å²) in [5.74, 6) is -0.425. The molecule has 2 aromatic rings. The first kappa shape index (κ1) is 11.2. The van der Waals surface area contributed by atoms with Gasteiger partial charge in [-0.3, -0.25) is 9.89 Å². The van der Waals surface area contributed by atoms with E-state index in [2.05, 4.69) is 15.5 Å². The number of anilines is 2. The normalized spacial score (nSPS) is 9.88. The van der Waals surface area contributed by atoms with Gasteiger partial charge in [-0.25, -0.2) is 0 Å². The van der Waals surface area contributed by atoms with Gasteiger partial charge in [0.1, 0.15) is 11.1 Å². The first-order valence-corrected chi connectivity index (χ1v) is 5.61. The van der Waals surface area contributed by atoms with Crippen LogP contribution in [0.15, 0.2) is 11.4 Å². The van der Waals surface area contributed by atoms with E-state index in [1.807, 2.05) is 6.07 Å². The van der Waals surface area contributed by atoms with Gasteiger partial charge in [0.2, 0.25) is 0 Å². The summed E-state index contributed by atoms with van der Waals surface area (Å²) >= 11 is 1.28. The lowest BCUT2D eigenvalue weighted by molar-refractivity contribution is 0.102. The molecule has 0 spiro atoms. The van der Waals surface area contributed by atoms with E-state index in [9.17, 15) is 4.79 Å². The number of hydrogen-bond acceptors (Lipinski definition) is 5. The van der Waals surface area contributed by atoms with Gasteiger partial charge < -0.3 is 11.1 Å². The number of rotatable bonds is 2. The first-order valence-electron chi connectivity index (χ1n) is 4.73. The van der Waals surface area contributed by atoms with Gasteiger partial charge in [0.05, 0.1) is 16.9 Å². The number of carbonyl (C=O) groups is 1. The van der Waals surface area contributed by atoms with Crippen LogP contribution in [0.1, 0.15) is 21.7 Å². The molecule has 7 heteroatoms. The van der Waals surface area contributed by atoms with Crippen molar-refractivity contribution in [2.24, 2.45) is 0 Å². The van der Waals surface area contributed by atoms with Gasteiger partial charge in [-0.2, -0.15) is 10.4 Å². The molecular weight excluding hydrogens is 238 g/mol. The van der Waals surface area contributed by atoms with E-state index in [1.165, 1.54) is 11.3 Å². The summed E-state index contributed by atoms with van der Waals surface area (Å²) in [6.07, 6.45) is 0. The predicted octanol–water partition coefficient (Wildman–Crippen LogP) is 1.49. The minimum Gasteiger partial charge on any atom is -0.395 e. The Bertz CT molecular complexity index is 606. The molecule has 2 rings (SSSR count). The molecule has 4 N–H and O–H groups in total. The molecule has 86 valence electrons. The Labute approximate surface area is 101 Å². The summed E-state index contributed by atoms with van der Waals surface area (Å²) < 4.78 is 0. The van der Waals surface area contributed by atoms with Crippen molar-refractivity contribution in [3.8, 4) is 6.07 Å². The summed E-state index contributed by atoms with van der Waals surface area (Å²) in [7, 11) is 0. The maximum atomic E-state index is 11.8. The molecular formula is C10H9N5OS. The number of carbonyl (C=O) groups excluding carboxylic acids is 1. The topological polar surface area (TPSA) is 108 Å². The lowest BCUT2D eigenvalue weighted by atomic mass is 10.3. The molecule has 1 amide bonds. The lowest BCUT2D eigenvalue weighted by Gasteiger charge is -2.01. The van der Waals surface area contributed by atoms with Crippen LogP contribution < -0.4 is 11.1 Å². The van der Waals surface area contributed by atoms with Gasteiger partial charge in [-0.05, 0) is 18.4 Å². The van der Waals surface area contributed by atoms with Crippen molar-refractivity contribution in [1.29, 1.82) is 5.26 Å². The quantitative estimate of drug-likeness (QED) is 0.747. The third-order valence-corrected chi connectivity index (χ3v) is 3.05. The number of nitrogens with zero attached hydrogens (tertiary/aromatic N) is 2. The SMILES string of the molecule is Cc1[nH]nc(C(=O)Nc2sccc2C#N)c1N. The van der Waals surface area contributed by atoms with Crippen LogP contribution in [0, 0.1) is 18.3 Å². The van der Waals surface area contributed by atoms with Crippen LogP contribution in [0.3, 0.4) is 0 Å². The Morgan fingerprint density at radius 2 is 2.47 bits per heavy atom. The van der Waals surface area contributed by atoms with Gasteiger partial charge in [0.25, 0.3) is 5.91 Å². The number of nitrogens with two attached hydrogens (primary N) is 1. The van der Waals surface area contributed by atoms with Crippen molar-refractivity contribution in [2.75, 3.05) is 11.1 Å². The fourth-order valence-corrected chi connectivity index (χ4v) is 2.00. The highest BCUT2D eigenvalue weighted by atomic mass is 32.1. The zero-order valence-electron chi connectivity index (χ0n) is 8.94. The van der Waals surface area contributed by atoms with E-state index >= 15 is 0 Å². The smallest absolute Gasteiger partial charge is 0.278 e. The first-order chi connectivity index (χ1) is 8.13. The summed E-state index contributed by atoms with van der Waals surface area (Å²) in [5.41, 5.74) is 7.21. The highest BCUT2D eigenvalue weighted by Gasteiger charge is 2.17. The van der Waals surface area contributed by atoms with Crippen molar-refractivity contribution in [1.82, 2.24) is 10.2 Å². The molecule has 2 aromatic heterocycles. The minimum atomic E-state index is -0.425. The standard InChI is InChI=1S/C10H9N5OS/c1-5-7(12)8(15-14-5)9(16)13-10-6(4-11)2-3-17-10/h2-3H,12H2,1H3,(H,13,16)(H,14,15). The molecule has 17 heavy (non-hydrogen) atoms. The number of aromatic amines is 1. The zero-order chi connectivity index (χ0) is 12.4. The molecule has 0 unspecified atom stereocenters. The number of thiophene rings is 1. The molecule has 2 heterocycles. The minimum absolute atomic E-state index is 0.139. The average Bonchev–Trinajstić information content (AvgIpc) is 2.87. The molecule has 0 aliphatic rings. The van der Waals surface area contributed by atoms with E-state index < -0.39 is 5.91 Å². The Balaban J connectivity index is 2.24. The Kier molecular flexibility index (Phi) is 2.80. The van der Waals surface area contributed by atoms with Crippen molar-refractivity contribution in [2.45, 2.75) is 6.92 Å². The van der Waals surface area contributed by atoms with E-state index in [4.69, 9.17) is 11.0 Å². The van der Waals surface area contributed by atoms with Crippen molar-refractivity contribution in [3.05, 3.63) is 28.4 Å². The molecule has 0 aliphatic heterocycles. The predicted molar refractivity (Wildman–Crippen MR) is 64.7 cm³/mol. The second-order valence-electron chi connectivity index (χ2n) is 3.34. The second-order valence-corrected chi connectivity index (χ2v) is 4.26. The largest absolute Gasteiger partial charge is 0.395 e. The molecule has 0 fully saturated rings. The third kappa shape index (κ3) is 1.98. The lowest BCUT2D eigenvalue weighted by Crippen LogP contribution is -2.14. The molecule has 6 nitrogen and oxygen atoms in total. The van der Waals surface area contributed by atoms with Crippen LogP contribution in [-0.2, 0) is 0 Å². The number of hydrogen-bond donors (Lipinski definition) is 3. The molecule has 0 atom stereocenters. The summed E-state index contributed by atoms with van der Waals surface area (Å²) in [6, 6.07) is 3.63. The Morgan fingerprint density at radius 1 is 1.71 bits per heavy atom. The third-order valence-electron chi connectivity index (χ3n) is 2.22. The number of amides is 1. The summed E-state index contributed by atoms with van der Waals surface area (Å²) in [4.78, 5) is 11.8. The van der Waals surface area contributed by atoms with Crippen LogP contribution in [0.5, 0.6) is 0 Å². The Morgan fingerprint density at radius 3 is 3.06 bits per heavy atom. The molecule has 0 aromatic carbocycles. The second kappa shape index (κ2) is 4.27. The van der Waals surface area contributed by atoms with Gasteiger partial charge in [-0.1, -0.05) is 0 Å². The van der Waals surface area contributed by atoms with Gasteiger partial charge >= 0.3 is 0 Å². The molecule has 0 bridgehead atoms. The number of H-pyrrole nitrogens is 1. The van der Waals surface area contributed by atoms with Crippen molar-refractivity contribution < 1.29 is 4.79 Å². The van der Waals surface area contributed by atoms with Crippen LogP contribution in [0.4, 0.5) is 10.7 Å². The monoisotopic (exact) mass is 247 g/mol. The van der Waals surface area contributed by atoms with E-state index in [0.717, 1.165) is 0 Å². The number of nitrogens with one attached hydrogen (secondary N) is 2. The van der Waals surface area contributed by atoms with Crippen LogP contribution in [0.25, 0.3) is 0 Å².